The Morgan fingerprint density at radius 2 is 2.10 bits per heavy atom. The van der Waals surface area contributed by atoms with Gasteiger partial charge in [0.15, 0.2) is 0 Å². The highest BCUT2D eigenvalue weighted by molar-refractivity contribution is 8.00. The van der Waals surface area contributed by atoms with Gasteiger partial charge in [0.05, 0.1) is 5.75 Å². The fourth-order valence-corrected chi connectivity index (χ4v) is 5.09. The molecule has 2 amide bonds. The van der Waals surface area contributed by atoms with Gasteiger partial charge in [-0.2, -0.15) is 0 Å². The monoisotopic (exact) mass is 453 g/mol. The average Bonchev–Trinajstić information content (AvgIpc) is 2.73. The lowest BCUT2D eigenvalue weighted by molar-refractivity contribution is -0.165. The van der Waals surface area contributed by atoms with Crippen molar-refractivity contribution in [3.8, 4) is 0 Å². The van der Waals surface area contributed by atoms with E-state index in [-0.39, 0.29) is 28.7 Å². The Hall–Kier alpha value is -2.57. The molecule has 1 fully saturated rings. The lowest BCUT2D eigenvalue weighted by Gasteiger charge is -2.49. The molecule has 10 nitrogen and oxygen atoms in total. The molecule has 12 heteroatoms. The minimum atomic E-state index is -1.34. The zero-order chi connectivity index (χ0) is 21.8. The van der Waals surface area contributed by atoms with Crippen LogP contribution in [0.3, 0.4) is 0 Å². The first-order valence-corrected chi connectivity index (χ1v) is 10.8. The summed E-state index contributed by atoms with van der Waals surface area (Å²) in [6.07, 6.45) is 2.03. The Morgan fingerprint density at radius 1 is 1.40 bits per heavy atom. The molecule has 1 aromatic heterocycles. The summed E-state index contributed by atoms with van der Waals surface area (Å²) in [6, 6.07) is 2.71. The zero-order valence-corrected chi connectivity index (χ0v) is 17.7. The van der Waals surface area contributed by atoms with E-state index in [1.54, 1.807) is 24.5 Å². The van der Waals surface area contributed by atoms with E-state index in [1.807, 2.05) is 0 Å². The van der Waals surface area contributed by atoms with Gasteiger partial charge in [-0.15, -0.1) is 23.5 Å². The van der Waals surface area contributed by atoms with Crippen molar-refractivity contribution in [3.63, 3.8) is 0 Å². The van der Waals surface area contributed by atoms with Gasteiger partial charge in [0, 0.05) is 42.6 Å². The minimum absolute atomic E-state index is 0.107. The molecule has 0 aromatic carbocycles. The molecule has 0 spiro atoms. The lowest BCUT2D eigenvalue weighted by Crippen LogP contribution is -2.71. The summed E-state index contributed by atoms with van der Waals surface area (Å²) in [5.74, 6) is -2.58. The number of aromatic nitrogens is 1. The van der Waals surface area contributed by atoms with Crippen LogP contribution in [0.5, 0.6) is 0 Å². The molecule has 1 aromatic rings. The van der Waals surface area contributed by atoms with Crippen LogP contribution in [0.2, 0.25) is 0 Å². The van der Waals surface area contributed by atoms with E-state index >= 15 is 0 Å². The van der Waals surface area contributed by atoms with Crippen LogP contribution in [0.25, 0.3) is 0 Å². The van der Waals surface area contributed by atoms with Gasteiger partial charge in [-0.1, -0.05) is 0 Å². The van der Waals surface area contributed by atoms with Crippen molar-refractivity contribution in [3.05, 3.63) is 35.8 Å². The van der Waals surface area contributed by atoms with Crippen LogP contribution >= 0.6 is 23.5 Å². The number of β-lactam (4-membered cyclic amide) rings is 1. The molecule has 1 unspecified atom stereocenters. The molecular weight excluding hydrogens is 434 g/mol. The summed E-state index contributed by atoms with van der Waals surface area (Å²) < 4.78 is 10.1. The van der Waals surface area contributed by atoms with Crippen LogP contribution in [-0.4, -0.2) is 75.1 Å². The Kier molecular flexibility index (Phi) is 7.00. The Labute approximate surface area is 180 Å². The van der Waals surface area contributed by atoms with Crippen molar-refractivity contribution in [2.75, 3.05) is 18.6 Å². The second-order valence-electron chi connectivity index (χ2n) is 6.28. The highest BCUT2D eigenvalue weighted by Crippen LogP contribution is 2.41. The van der Waals surface area contributed by atoms with Crippen LogP contribution in [0.1, 0.15) is 6.92 Å². The van der Waals surface area contributed by atoms with E-state index in [9.17, 15) is 24.3 Å². The van der Waals surface area contributed by atoms with Gasteiger partial charge in [0.1, 0.15) is 17.1 Å². The van der Waals surface area contributed by atoms with Gasteiger partial charge in [-0.25, -0.2) is 4.79 Å². The fourth-order valence-electron chi connectivity index (χ4n) is 3.03. The first-order valence-electron chi connectivity index (χ1n) is 8.76. The number of hydrogen-bond acceptors (Lipinski definition) is 9. The van der Waals surface area contributed by atoms with Gasteiger partial charge in [0.2, 0.25) is 12.2 Å². The van der Waals surface area contributed by atoms with Gasteiger partial charge in [-0.3, -0.25) is 24.3 Å². The summed E-state index contributed by atoms with van der Waals surface area (Å²) in [6.45, 7) is 1.18. The Bertz CT molecular complexity index is 893. The molecule has 2 aliphatic rings. The molecule has 30 heavy (non-hydrogen) atoms. The molecule has 160 valence electrons. The Morgan fingerprint density at radius 3 is 2.70 bits per heavy atom. The standard InChI is InChI=1S/C18H19N3O7S2/c1-9(22)28-18(27-2)11-7-30-16-13(15(24)21(16)14(11)17(25)26)20-12(23)8-29-10-3-5-19-6-4-10/h3-6,13,16,18H,7-8H2,1-2H3,(H,20,23)(H,25,26)/t13-,16+,18?/m0/s1. The van der Waals surface area contributed by atoms with Crippen LogP contribution in [0.15, 0.2) is 40.7 Å². The number of nitrogens with zero attached hydrogens (tertiary/aromatic N) is 2. The normalized spacial score (nSPS) is 21.4. The van der Waals surface area contributed by atoms with E-state index in [4.69, 9.17) is 9.47 Å². The third-order valence-corrected chi connectivity index (χ3v) is 6.62. The number of carbonyl (C=O) groups is 4. The predicted molar refractivity (Wildman–Crippen MR) is 107 cm³/mol. The minimum Gasteiger partial charge on any atom is -0.477 e. The number of nitrogens with one attached hydrogen (secondary N) is 1. The number of methoxy groups -OCH3 is 1. The summed E-state index contributed by atoms with van der Waals surface area (Å²) in [7, 11) is 1.28. The third kappa shape index (κ3) is 4.60. The maximum Gasteiger partial charge on any atom is 0.352 e. The fraction of sp³-hybridized carbons (Fsp3) is 0.389. The summed E-state index contributed by atoms with van der Waals surface area (Å²) in [4.78, 5) is 53.9. The lowest BCUT2D eigenvalue weighted by atomic mass is 10.0. The van der Waals surface area contributed by atoms with Crippen molar-refractivity contribution >= 4 is 47.3 Å². The number of amides is 2. The Balaban J connectivity index is 1.69. The van der Waals surface area contributed by atoms with Crippen molar-refractivity contribution in [1.82, 2.24) is 15.2 Å². The van der Waals surface area contributed by atoms with Crippen LogP contribution in [0, 0.1) is 0 Å². The average molecular weight is 453 g/mol. The smallest absolute Gasteiger partial charge is 0.352 e. The van der Waals surface area contributed by atoms with Gasteiger partial charge < -0.3 is 19.9 Å². The van der Waals surface area contributed by atoms with Crippen LogP contribution in [-0.2, 0) is 28.7 Å². The van der Waals surface area contributed by atoms with Crippen molar-refractivity contribution in [2.24, 2.45) is 0 Å². The molecule has 3 atom stereocenters. The quantitative estimate of drug-likeness (QED) is 0.247. The number of thioether (sulfide) groups is 2. The van der Waals surface area contributed by atoms with E-state index in [2.05, 4.69) is 10.3 Å². The van der Waals surface area contributed by atoms with E-state index in [1.165, 1.54) is 37.6 Å². The first kappa shape index (κ1) is 22.1. The SMILES string of the molecule is COC(OC(C)=O)C1=C(C(=O)O)N2C(=O)[C@H](NC(=O)CSc3ccncc3)[C@H]2SC1. The first-order chi connectivity index (χ1) is 14.3. The second-order valence-corrected chi connectivity index (χ2v) is 8.44. The van der Waals surface area contributed by atoms with Gasteiger partial charge in [-0.05, 0) is 12.1 Å². The molecule has 0 aliphatic carbocycles. The van der Waals surface area contributed by atoms with Crippen LogP contribution in [0.4, 0.5) is 0 Å². The highest BCUT2D eigenvalue weighted by atomic mass is 32.2. The van der Waals surface area contributed by atoms with Crippen molar-refractivity contribution in [1.29, 1.82) is 0 Å². The molecule has 2 N–H and O–H groups in total. The van der Waals surface area contributed by atoms with Gasteiger partial charge >= 0.3 is 11.9 Å². The molecule has 2 aliphatic heterocycles. The third-order valence-electron chi connectivity index (χ3n) is 4.31. The molecule has 0 radical (unpaired) electrons. The number of fused-ring (bicyclic) bond motifs is 1. The number of carbonyl (C=O) groups excluding carboxylic acids is 3. The predicted octanol–water partition coefficient (Wildman–Crippen LogP) is 0.448. The molecule has 0 bridgehead atoms. The topological polar surface area (TPSA) is 135 Å². The number of aliphatic carboxylic acids is 1. The number of rotatable bonds is 8. The number of pyridine rings is 1. The highest BCUT2D eigenvalue weighted by Gasteiger charge is 2.55. The van der Waals surface area contributed by atoms with Crippen molar-refractivity contribution in [2.45, 2.75) is 29.5 Å². The summed E-state index contributed by atoms with van der Waals surface area (Å²) in [5.41, 5.74) is -0.110. The van der Waals surface area contributed by atoms with Crippen LogP contribution < -0.4 is 5.32 Å². The van der Waals surface area contributed by atoms with E-state index < -0.39 is 35.6 Å². The number of esters is 1. The van der Waals surface area contributed by atoms with Gasteiger partial charge in [0.25, 0.3) is 5.91 Å². The number of carboxylic acids is 1. The largest absolute Gasteiger partial charge is 0.477 e. The molecular formula is C18H19N3O7S2. The second kappa shape index (κ2) is 9.49. The zero-order valence-electron chi connectivity index (χ0n) is 16.1. The van der Waals surface area contributed by atoms with Crippen molar-refractivity contribution < 1.29 is 33.8 Å². The maximum atomic E-state index is 12.6. The molecule has 0 saturated carbocycles. The van der Waals surface area contributed by atoms with E-state index in [0.29, 0.717) is 0 Å². The number of hydrogen-bond donors (Lipinski definition) is 2. The maximum absolute atomic E-state index is 12.6. The summed E-state index contributed by atoms with van der Waals surface area (Å²) >= 11 is 2.57. The van der Waals surface area contributed by atoms with E-state index in [0.717, 1.165) is 9.80 Å². The molecule has 3 heterocycles. The molecule has 1 saturated heterocycles. The number of ether oxygens (including phenoxy) is 2. The number of carboxylic acid groups (broad SMARTS) is 1. The molecule has 3 rings (SSSR count). The summed E-state index contributed by atoms with van der Waals surface area (Å²) in [5, 5.41) is 11.8.